The lowest BCUT2D eigenvalue weighted by Crippen LogP contribution is -2.24. The van der Waals surface area contributed by atoms with Crippen molar-refractivity contribution in [2.75, 3.05) is 18.1 Å². The van der Waals surface area contributed by atoms with E-state index in [-0.39, 0.29) is 6.04 Å². The van der Waals surface area contributed by atoms with Gasteiger partial charge in [-0.15, -0.1) is 0 Å². The molecule has 0 fully saturated rings. The van der Waals surface area contributed by atoms with E-state index in [0.29, 0.717) is 23.8 Å². The summed E-state index contributed by atoms with van der Waals surface area (Å²) in [5.74, 6) is 1.67. The minimum atomic E-state index is -0.752. The maximum absolute atomic E-state index is 11.4. The van der Waals surface area contributed by atoms with Gasteiger partial charge < -0.3 is 10.4 Å². The summed E-state index contributed by atoms with van der Waals surface area (Å²) in [5.41, 5.74) is 0.881. The Labute approximate surface area is 122 Å². The van der Waals surface area contributed by atoms with E-state index in [1.165, 1.54) is 0 Å². The molecule has 0 aromatic heterocycles. The van der Waals surface area contributed by atoms with E-state index in [0.717, 1.165) is 16.3 Å². The number of benzene rings is 2. The first-order valence-corrected chi connectivity index (χ1v) is 8.41. The molecule has 2 rings (SSSR count). The van der Waals surface area contributed by atoms with E-state index >= 15 is 0 Å². The molecule has 0 saturated carbocycles. The Morgan fingerprint density at radius 1 is 1.25 bits per heavy atom. The van der Waals surface area contributed by atoms with E-state index in [1.54, 1.807) is 0 Å². The Hall–Kier alpha value is -1.39. The largest absolute Gasteiger partial charge is 0.507 e. The first kappa shape index (κ1) is 15.0. The molecule has 0 bridgehead atoms. The van der Waals surface area contributed by atoms with Crippen molar-refractivity contribution in [3.05, 3.63) is 42.0 Å². The molecule has 2 unspecified atom stereocenters. The molecular weight excluding hydrogens is 270 g/mol. The maximum atomic E-state index is 11.4. The highest BCUT2D eigenvalue weighted by molar-refractivity contribution is 7.84. The molecule has 3 nitrogen and oxygen atoms in total. The van der Waals surface area contributed by atoms with Gasteiger partial charge in [0.1, 0.15) is 5.75 Å². The summed E-state index contributed by atoms with van der Waals surface area (Å²) in [6.07, 6.45) is 0. The zero-order valence-corrected chi connectivity index (χ0v) is 12.7. The molecule has 0 spiro atoms. The van der Waals surface area contributed by atoms with Gasteiger partial charge in [0, 0.05) is 45.8 Å². The topological polar surface area (TPSA) is 49.3 Å². The van der Waals surface area contributed by atoms with Gasteiger partial charge in [0.15, 0.2) is 0 Å². The Morgan fingerprint density at radius 2 is 2.00 bits per heavy atom. The van der Waals surface area contributed by atoms with Crippen LogP contribution in [0.15, 0.2) is 36.4 Å². The number of phenols is 1. The Bertz CT molecular complexity index is 612. The monoisotopic (exact) mass is 291 g/mol. The van der Waals surface area contributed by atoms with Crippen LogP contribution in [0.3, 0.4) is 0 Å². The number of nitrogens with one attached hydrogen (secondary N) is 1. The smallest absolute Gasteiger partial charge is 0.128 e. The third kappa shape index (κ3) is 3.38. The summed E-state index contributed by atoms with van der Waals surface area (Å²) in [6.45, 7) is 4.63. The van der Waals surface area contributed by atoms with Crippen molar-refractivity contribution in [2.24, 2.45) is 0 Å². The molecule has 0 heterocycles. The van der Waals surface area contributed by atoms with Crippen LogP contribution < -0.4 is 5.32 Å². The standard InChI is InChI=1S/C16H21NO2S/c1-3-20(19)11-10-17-12(2)14-9-8-13-6-4-5-7-15(13)16(14)18/h4-9,12,17-18H,3,10-11H2,1-2H3. The van der Waals surface area contributed by atoms with Crippen molar-refractivity contribution >= 4 is 21.6 Å². The quantitative estimate of drug-likeness (QED) is 0.860. The lowest BCUT2D eigenvalue weighted by molar-refractivity contribution is 0.461. The maximum Gasteiger partial charge on any atom is 0.128 e. The second-order valence-corrected chi connectivity index (χ2v) is 6.70. The van der Waals surface area contributed by atoms with Gasteiger partial charge in [-0.3, -0.25) is 4.21 Å². The summed E-state index contributed by atoms with van der Waals surface area (Å²) in [7, 11) is -0.752. The summed E-state index contributed by atoms with van der Waals surface area (Å²) in [4.78, 5) is 0. The molecule has 0 aliphatic carbocycles. The first-order valence-electron chi connectivity index (χ1n) is 6.92. The van der Waals surface area contributed by atoms with Crippen molar-refractivity contribution in [3.8, 4) is 5.75 Å². The second kappa shape index (κ2) is 6.86. The van der Waals surface area contributed by atoms with Gasteiger partial charge in [-0.1, -0.05) is 43.3 Å². The molecule has 0 saturated heterocycles. The molecule has 108 valence electrons. The van der Waals surface area contributed by atoms with Crippen molar-refractivity contribution in [3.63, 3.8) is 0 Å². The normalized spacial score (nSPS) is 14.3. The van der Waals surface area contributed by atoms with Crippen LogP contribution >= 0.6 is 0 Å². The fraction of sp³-hybridized carbons (Fsp3) is 0.375. The van der Waals surface area contributed by atoms with Gasteiger partial charge in [0.05, 0.1) is 0 Å². The molecule has 0 aliphatic rings. The fourth-order valence-corrected chi connectivity index (χ4v) is 2.90. The van der Waals surface area contributed by atoms with Crippen molar-refractivity contribution in [1.29, 1.82) is 0 Å². The van der Waals surface area contributed by atoms with E-state index < -0.39 is 10.8 Å². The predicted octanol–water partition coefficient (Wildman–Crippen LogP) is 2.96. The zero-order valence-electron chi connectivity index (χ0n) is 11.9. The molecule has 2 aromatic rings. The fourth-order valence-electron chi connectivity index (χ4n) is 2.26. The molecule has 2 N–H and O–H groups in total. The van der Waals surface area contributed by atoms with Gasteiger partial charge in [0.25, 0.3) is 0 Å². The number of aromatic hydroxyl groups is 1. The number of hydrogen-bond acceptors (Lipinski definition) is 3. The van der Waals surface area contributed by atoms with Gasteiger partial charge in [-0.25, -0.2) is 0 Å². The minimum absolute atomic E-state index is 0.0356. The SMILES string of the molecule is CCS(=O)CCNC(C)c1ccc2ccccc2c1O. The van der Waals surface area contributed by atoms with Crippen LogP contribution in [0.1, 0.15) is 25.5 Å². The van der Waals surface area contributed by atoms with Gasteiger partial charge >= 0.3 is 0 Å². The molecule has 0 amide bonds. The second-order valence-electron chi connectivity index (χ2n) is 4.83. The summed E-state index contributed by atoms with van der Waals surface area (Å²) in [5, 5.41) is 15.6. The summed E-state index contributed by atoms with van der Waals surface area (Å²) in [6, 6.07) is 11.8. The van der Waals surface area contributed by atoms with Crippen molar-refractivity contribution < 1.29 is 9.32 Å². The highest BCUT2D eigenvalue weighted by Crippen LogP contribution is 2.32. The van der Waals surface area contributed by atoms with Crippen LogP contribution in [-0.4, -0.2) is 27.4 Å². The number of fused-ring (bicyclic) bond motifs is 1. The number of hydrogen-bond donors (Lipinski definition) is 2. The van der Waals surface area contributed by atoms with Gasteiger partial charge in [-0.2, -0.15) is 0 Å². The lowest BCUT2D eigenvalue weighted by atomic mass is 10.0. The van der Waals surface area contributed by atoms with Crippen LogP contribution in [0, 0.1) is 0 Å². The van der Waals surface area contributed by atoms with Crippen LogP contribution in [0.25, 0.3) is 10.8 Å². The van der Waals surface area contributed by atoms with Crippen LogP contribution in [0.2, 0.25) is 0 Å². The molecule has 20 heavy (non-hydrogen) atoms. The highest BCUT2D eigenvalue weighted by Gasteiger charge is 2.12. The lowest BCUT2D eigenvalue weighted by Gasteiger charge is -2.16. The van der Waals surface area contributed by atoms with Crippen molar-refractivity contribution in [1.82, 2.24) is 5.32 Å². The van der Waals surface area contributed by atoms with Gasteiger partial charge in [0.2, 0.25) is 0 Å². The van der Waals surface area contributed by atoms with E-state index in [9.17, 15) is 9.32 Å². The highest BCUT2D eigenvalue weighted by atomic mass is 32.2. The number of phenolic OH excluding ortho intramolecular Hbond substituents is 1. The first-order chi connectivity index (χ1) is 9.63. The third-order valence-electron chi connectivity index (χ3n) is 3.50. The Balaban J connectivity index is 2.12. The average molecular weight is 291 g/mol. The minimum Gasteiger partial charge on any atom is -0.507 e. The van der Waals surface area contributed by atoms with E-state index in [1.807, 2.05) is 50.2 Å². The van der Waals surface area contributed by atoms with E-state index in [4.69, 9.17) is 0 Å². The van der Waals surface area contributed by atoms with Crippen LogP contribution in [-0.2, 0) is 10.8 Å². The predicted molar refractivity (Wildman–Crippen MR) is 85.6 cm³/mol. The molecule has 2 aromatic carbocycles. The summed E-state index contributed by atoms with van der Waals surface area (Å²) >= 11 is 0. The Kier molecular flexibility index (Phi) is 5.15. The Morgan fingerprint density at radius 3 is 2.75 bits per heavy atom. The molecule has 4 heteroatoms. The average Bonchev–Trinajstić information content (AvgIpc) is 2.47. The van der Waals surface area contributed by atoms with Gasteiger partial charge in [-0.05, 0) is 12.3 Å². The van der Waals surface area contributed by atoms with Crippen LogP contribution in [0.4, 0.5) is 0 Å². The molecule has 0 aliphatic heterocycles. The molecule has 0 radical (unpaired) electrons. The van der Waals surface area contributed by atoms with E-state index in [2.05, 4.69) is 5.32 Å². The number of rotatable bonds is 6. The molecular formula is C16H21NO2S. The van der Waals surface area contributed by atoms with Crippen LogP contribution in [0.5, 0.6) is 5.75 Å². The third-order valence-corrected chi connectivity index (χ3v) is 4.80. The summed E-state index contributed by atoms with van der Waals surface area (Å²) < 4.78 is 11.4. The zero-order chi connectivity index (χ0) is 14.5. The van der Waals surface area contributed by atoms with Crippen molar-refractivity contribution in [2.45, 2.75) is 19.9 Å². The molecule has 2 atom stereocenters.